The number of rotatable bonds is 5. The lowest BCUT2D eigenvalue weighted by atomic mass is 9.94. The number of H-pyrrole nitrogens is 1. The molecule has 1 aromatic heterocycles. The lowest BCUT2D eigenvalue weighted by Crippen LogP contribution is -2.52. The summed E-state index contributed by atoms with van der Waals surface area (Å²) in [5, 5.41) is 10.6. The van der Waals surface area contributed by atoms with Crippen LogP contribution in [0.4, 0.5) is 0 Å². The zero-order valence-corrected chi connectivity index (χ0v) is 12.0. The molecule has 0 aromatic carbocycles. The molecule has 22 heavy (non-hydrogen) atoms. The number of piperidine rings is 1. The van der Waals surface area contributed by atoms with E-state index in [9.17, 15) is 19.2 Å². The van der Waals surface area contributed by atoms with Crippen molar-refractivity contribution in [1.82, 2.24) is 20.2 Å². The number of nitrogens with zero attached hydrogens (tertiary/aromatic N) is 2. The lowest BCUT2D eigenvalue weighted by Gasteiger charge is -2.30. The number of aryl methyl sites for hydroxylation is 1. The standard InChI is InChI=1S/C13H16N4O5/c1-7-14-4-8(16-7)6-17-3-2-9(18)11(13(17)22)12(21)15-5-10(19)20/h4,11H,2-3,5-6H2,1H3,(H,14,16)(H,15,21)(H,19,20). The van der Waals surface area contributed by atoms with E-state index < -0.39 is 36.0 Å². The summed E-state index contributed by atoms with van der Waals surface area (Å²) in [5.74, 6) is -4.00. The van der Waals surface area contributed by atoms with Crippen LogP contribution in [-0.2, 0) is 25.7 Å². The second-order valence-electron chi connectivity index (χ2n) is 5.01. The van der Waals surface area contributed by atoms with Crippen molar-refractivity contribution >= 4 is 23.6 Å². The van der Waals surface area contributed by atoms with Gasteiger partial charge in [0, 0.05) is 13.0 Å². The summed E-state index contributed by atoms with van der Waals surface area (Å²) in [7, 11) is 0. The molecule has 0 radical (unpaired) electrons. The van der Waals surface area contributed by atoms with Crippen LogP contribution in [0.25, 0.3) is 0 Å². The van der Waals surface area contributed by atoms with Crippen molar-refractivity contribution in [1.29, 1.82) is 0 Å². The molecule has 0 bridgehead atoms. The number of carboxylic acids is 1. The minimum Gasteiger partial charge on any atom is -0.480 e. The molecule has 1 aliphatic rings. The third kappa shape index (κ3) is 3.48. The number of likely N-dealkylation sites (tertiary alicyclic amines) is 1. The van der Waals surface area contributed by atoms with Crippen molar-refractivity contribution in [3.63, 3.8) is 0 Å². The van der Waals surface area contributed by atoms with Gasteiger partial charge in [0.2, 0.25) is 11.8 Å². The van der Waals surface area contributed by atoms with Gasteiger partial charge in [-0.3, -0.25) is 19.2 Å². The largest absolute Gasteiger partial charge is 0.480 e. The van der Waals surface area contributed by atoms with Gasteiger partial charge in [0.15, 0.2) is 11.7 Å². The Labute approximate surface area is 125 Å². The number of carboxylic acid groups (broad SMARTS) is 1. The number of aromatic nitrogens is 2. The maximum absolute atomic E-state index is 12.3. The van der Waals surface area contributed by atoms with Crippen LogP contribution in [0.1, 0.15) is 17.9 Å². The Hall–Kier alpha value is -2.71. The van der Waals surface area contributed by atoms with Crippen LogP contribution in [0.15, 0.2) is 6.20 Å². The topological polar surface area (TPSA) is 132 Å². The highest BCUT2D eigenvalue weighted by molar-refractivity contribution is 6.19. The first kappa shape index (κ1) is 15.7. The number of hydrogen-bond donors (Lipinski definition) is 3. The van der Waals surface area contributed by atoms with Crippen LogP contribution < -0.4 is 5.32 Å². The van der Waals surface area contributed by atoms with E-state index in [-0.39, 0.29) is 19.5 Å². The Morgan fingerprint density at radius 1 is 1.50 bits per heavy atom. The molecular weight excluding hydrogens is 292 g/mol. The zero-order valence-electron chi connectivity index (χ0n) is 12.0. The predicted molar refractivity (Wildman–Crippen MR) is 72.5 cm³/mol. The van der Waals surface area contributed by atoms with Gasteiger partial charge < -0.3 is 20.3 Å². The number of Topliss-reactive ketones (excluding diaryl/α,β-unsaturated/α-hetero) is 1. The molecule has 118 valence electrons. The fourth-order valence-corrected chi connectivity index (χ4v) is 2.26. The Morgan fingerprint density at radius 3 is 2.82 bits per heavy atom. The van der Waals surface area contributed by atoms with E-state index in [1.807, 2.05) is 0 Å². The first-order valence-electron chi connectivity index (χ1n) is 6.70. The number of aromatic amines is 1. The molecule has 1 aromatic rings. The summed E-state index contributed by atoms with van der Waals surface area (Å²) in [6.07, 6.45) is 1.64. The molecule has 1 fully saturated rings. The second kappa shape index (κ2) is 6.37. The van der Waals surface area contributed by atoms with E-state index >= 15 is 0 Å². The highest BCUT2D eigenvalue weighted by Crippen LogP contribution is 2.17. The van der Waals surface area contributed by atoms with E-state index in [0.29, 0.717) is 11.5 Å². The van der Waals surface area contributed by atoms with E-state index in [2.05, 4.69) is 15.3 Å². The number of carbonyl (C=O) groups is 4. The van der Waals surface area contributed by atoms with Crippen molar-refractivity contribution in [3.05, 3.63) is 17.7 Å². The van der Waals surface area contributed by atoms with Gasteiger partial charge in [-0.25, -0.2) is 4.98 Å². The molecule has 9 nitrogen and oxygen atoms in total. The van der Waals surface area contributed by atoms with Crippen LogP contribution in [0.3, 0.4) is 0 Å². The second-order valence-corrected chi connectivity index (χ2v) is 5.01. The molecule has 1 aliphatic heterocycles. The number of nitrogens with one attached hydrogen (secondary N) is 2. The number of carbonyl (C=O) groups excluding carboxylic acids is 3. The minimum absolute atomic E-state index is 0.0595. The molecule has 0 saturated carbocycles. The van der Waals surface area contributed by atoms with Crippen LogP contribution in [0.5, 0.6) is 0 Å². The number of aliphatic carboxylic acids is 1. The Kier molecular flexibility index (Phi) is 4.54. The van der Waals surface area contributed by atoms with Crippen LogP contribution in [0, 0.1) is 12.8 Å². The molecule has 2 amide bonds. The van der Waals surface area contributed by atoms with Crippen LogP contribution in [-0.4, -0.2) is 56.6 Å². The molecule has 2 rings (SSSR count). The minimum atomic E-state index is -1.47. The summed E-state index contributed by atoms with van der Waals surface area (Å²) < 4.78 is 0. The summed E-state index contributed by atoms with van der Waals surface area (Å²) in [6.45, 7) is 1.58. The molecule has 1 saturated heterocycles. The highest BCUT2D eigenvalue weighted by Gasteiger charge is 2.40. The van der Waals surface area contributed by atoms with Crippen LogP contribution >= 0.6 is 0 Å². The quantitative estimate of drug-likeness (QED) is 0.587. The van der Waals surface area contributed by atoms with Crippen molar-refractivity contribution < 1.29 is 24.3 Å². The summed E-state index contributed by atoms with van der Waals surface area (Å²) in [4.78, 5) is 54.8. The maximum atomic E-state index is 12.3. The van der Waals surface area contributed by atoms with E-state index in [4.69, 9.17) is 5.11 Å². The summed E-state index contributed by atoms with van der Waals surface area (Å²) >= 11 is 0. The van der Waals surface area contributed by atoms with E-state index in [0.717, 1.165) is 0 Å². The number of hydrogen-bond acceptors (Lipinski definition) is 5. The fraction of sp³-hybridized carbons (Fsp3) is 0.462. The third-order valence-corrected chi connectivity index (χ3v) is 3.30. The number of amides is 2. The normalized spacial score (nSPS) is 18.4. The lowest BCUT2D eigenvalue weighted by molar-refractivity contribution is -0.152. The van der Waals surface area contributed by atoms with Gasteiger partial charge in [-0.15, -0.1) is 0 Å². The first-order valence-corrected chi connectivity index (χ1v) is 6.70. The zero-order chi connectivity index (χ0) is 16.3. The van der Waals surface area contributed by atoms with Gasteiger partial charge in [-0.1, -0.05) is 0 Å². The maximum Gasteiger partial charge on any atom is 0.322 e. The fourth-order valence-electron chi connectivity index (χ4n) is 2.26. The SMILES string of the molecule is Cc1ncc(CN2CCC(=O)C(C(=O)NCC(=O)O)C2=O)[nH]1. The first-order chi connectivity index (χ1) is 10.4. The average molecular weight is 308 g/mol. The third-order valence-electron chi connectivity index (χ3n) is 3.30. The van der Waals surface area contributed by atoms with Gasteiger partial charge in [-0.05, 0) is 6.92 Å². The van der Waals surface area contributed by atoms with Gasteiger partial charge in [0.1, 0.15) is 12.4 Å². The average Bonchev–Trinajstić information content (AvgIpc) is 2.85. The summed E-state index contributed by atoms with van der Waals surface area (Å²) in [5.41, 5.74) is 0.699. The van der Waals surface area contributed by atoms with Crippen molar-refractivity contribution in [2.45, 2.75) is 19.9 Å². The van der Waals surface area contributed by atoms with E-state index in [1.165, 1.54) is 4.90 Å². The Bertz CT molecular complexity index is 624. The number of imidazole rings is 1. The van der Waals surface area contributed by atoms with Crippen molar-refractivity contribution in [3.8, 4) is 0 Å². The molecule has 1 unspecified atom stereocenters. The molecule has 1 atom stereocenters. The Balaban J connectivity index is 2.06. The van der Waals surface area contributed by atoms with Gasteiger partial charge in [-0.2, -0.15) is 0 Å². The van der Waals surface area contributed by atoms with E-state index in [1.54, 1.807) is 13.1 Å². The Morgan fingerprint density at radius 2 is 2.23 bits per heavy atom. The smallest absolute Gasteiger partial charge is 0.322 e. The molecule has 2 heterocycles. The van der Waals surface area contributed by atoms with Crippen molar-refractivity contribution in [2.75, 3.05) is 13.1 Å². The van der Waals surface area contributed by atoms with Crippen molar-refractivity contribution in [2.24, 2.45) is 5.92 Å². The molecule has 0 spiro atoms. The molecule has 3 N–H and O–H groups in total. The van der Waals surface area contributed by atoms with Gasteiger partial charge in [0.05, 0.1) is 18.4 Å². The molecule has 9 heteroatoms. The van der Waals surface area contributed by atoms with Gasteiger partial charge >= 0.3 is 5.97 Å². The predicted octanol–water partition coefficient (Wildman–Crippen LogP) is -1.16. The monoisotopic (exact) mass is 308 g/mol. The highest BCUT2D eigenvalue weighted by atomic mass is 16.4. The van der Waals surface area contributed by atoms with Crippen LogP contribution in [0.2, 0.25) is 0 Å². The molecule has 0 aliphatic carbocycles. The molecular formula is C13H16N4O5. The number of ketones is 1. The van der Waals surface area contributed by atoms with Gasteiger partial charge in [0.25, 0.3) is 0 Å². The summed E-state index contributed by atoms with van der Waals surface area (Å²) in [6, 6.07) is 0.